The molecule has 136 valence electrons. The van der Waals surface area contributed by atoms with Crippen molar-refractivity contribution in [3.05, 3.63) is 0 Å². The first-order valence-corrected chi connectivity index (χ1v) is 9.89. The Bertz CT molecular complexity index is 220. The average Bonchev–Trinajstić information content (AvgIpc) is 2.48. The van der Waals surface area contributed by atoms with Crippen molar-refractivity contribution in [3.63, 3.8) is 0 Å². The molecule has 0 fully saturated rings. The smallest absolute Gasteiger partial charge is 0.0180 e. The molecule has 22 heavy (non-hydrogen) atoms. The summed E-state index contributed by atoms with van der Waals surface area (Å²) in [5, 5.41) is 0. The van der Waals surface area contributed by atoms with Crippen LogP contribution >= 0.6 is 17.0 Å². The summed E-state index contributed by atoms with van der Waals surface area (Å²) in [6, 6.07) is 0. The Morgan fingerprint density at radius 1 is 0.682 bits per heavy atom. The molecule has 0 aliphatic rings. The lowest BCUT2D eigenvalue weighted by molar-refractivity contribution is 0.222. The number of hydrogen-bond donors (Lipinski definition) is 1. The van der Waals surface area contributed by atoms with Crippen molar-refractivity contribution in [1.29, 1.82) is 0 Å². The van der Waals surface area contributed by atoms with Crippen LogP contribution in [0.25, 0.3) is 0 Å². The summed E-state index contributed by atoms with van der Waals surface area (Å²) in [5.41, 5.74) is 6.97. The molecule has 2 N–H and O–H groups in total. The predicted molar refractivity (Wildman–Crippen MR) is 108 cm³/mol. The minimum absolute atomic E-state index is 0. The summed E-state index contributed by atoms with van der Waals surface area (Å²) in [5.74, 6) is 0.685. The van der Waals surface area contributed by atoms with E-state index in [1.165, 1.54) is 89.9 Å². The van der Waals surface area contributed by atoms with Gasteiger partial charge < -0.3 is 5.73 Å². The van der Waals surface area contributed by atoms with Crippen molar-refractivity contribution < 1.29 is 0 Å². The monoisotopic (exact) mass is 377 g/mol. The van der Waals surface area contributed by atoms with Gasteiger partial charge in [0.05, 0.1) is 0 Å². The van der Waals surface area contributed by atoms with Gasteiger partial charge in [-0.05, 0) is 25.2 Å². The molecule has 2 atom stereocenters. The van der Waals surface area contributed by atoms with Crippen molar-refractivity contribution in [2.45, 2.75) is 123 Å². The molecule has 0 heterocycles. The lowest BCUT2D eigenvalue weighted by Gasteiger charge is -2.36. The minimum Gasteiger partial charge on any atom is -0.325 e. The van der Waals surface area contributed by atoms with Crippen LogP contribution in [0.1, 0.15) is 118 Å². The summed E-state index contributed by atoms with van der Waals surface area (Å²) in [6.07, 6.45) is 18.7. The van der Waals surface area contributed by atoms with Crippen molar-refractivity contribution >= 4 is 17.0 Å². The first-order chi connectivity index (χ1) is 10.1. The molecular weight excluding hydrogens is 334 g/mol. The Hall–Kier alpha value is 0.440. The fourth-order valence-electron chi connectivity index (χ4n) is 3.35. The van der Waals surface area contributed by atoms with Gasteiger partial charge in [0.1, 0.15) is 0 Å². The van der Waals surface area contributed by atoms with E-state index in [0.29, 0.717) is 5.92 Å². The molecule has 2 heteroatoms. The van der Waals surface area contributed by atoms with E-state index in [1.54, 1.807) is 0 Å². The van der Waals surface area contributed by atoms with Crippen LogP contribution in [0.2, 0.25) is 0 Å². The standard InChI is InChI=1S/C20H43N.BrH/c1-5-8-11-12-13-15-18-20(21,17-14-9-6-2)19(4)16-10-7-3;/h19H,5-18,21H2,1-4H3;1H. The first-order valence-electron chi connectivity index (χ1n) is 9.89. The van der Waals surface area contributed by atoms with Crippen molar-refractivity contribution in [3.8, 4) is 0 Å². The van der Waals surface area contributed by atoms with Crippen LogP contribution in [-0.4, -0.2) is 5.54 Å². The van der Waals surface area contributed by atoms with Crippen LogP contribution in [0.5, 0.6) is 0 Å². The Morgan fingerprint density at radius 2 is 1.09 bits per heavy atom. The van der Waals surface area contributed by atoms with E-state index in [9.17, 15) is 0 Å². The van der Waals surface area contributed by atoms with Crippen molar-refractivity contribution in [2.24, 2.45) is 11.7 Å². The zero-order valence-corrected chi connectivity index (χ0v) is 17.7. The third-order valence-corrected chi connectivity index (χ3v) is 5.21. The van der Waals surface area contributed by atoms with E-state index in [4.69, 9.17) is 5.73 Å². The van der Waals surface area contributed by atoms with Crippen LogP contribution in [0.3, 0.4) is 0 Å². The third kappa shape index (κ3) is 11.9. The quantitative estimate of drug-likeness (QED) is 0.295. The highest BCUT2D eigenvalue weighted by atomic mass is 79.9. The highest BCUT2D eigenvalue weighted by Crippen LogP contribution is 2.31. The SMILES string of the molecule is Br.CCCCCCCCC(N)(CCCCC)C(C)CCCC. The minimum atomic E-state index is 0. The largest absolute Gasteiger partial charge is 0.325 e. The van der Waals surface area contributed by atoms with Gasteiger partial charge in [0, 0.05) is 5.54 Å². The maximum absolute atomic E-state index is 6.86. The Balaban J connectivity index is 0. The van der Waals surface area contributed by atoms with E-state index < -0.39 is 0 Å². The molecule has 0 aromatic heterocycles. The van der Waals surface area contributed by atoms with Gasteiger partial charge in [0.15, 0.2) is 0 Å². The van der Waals surface area contributed by atoms with Crippen molar-refractivity contribution in [2.75, 3.05) is 0 Å². The number of nitrogens with two attached hydrogens (primary N) is 1. The molecule has 0 aliphatic heterocycles. The Morgan fingerprint density at radius 3 is 1.64 bits per heavy atom. The molecule has 0 aromatic carbocycles. The molecular formula is C20H44BrN. The van der Waals surface area contributed by atoms with Gasteiger partial charge in [0.25, 0.3) is 0 Å². The van der Waals surface area contributed by atoms with E-state index >= 15 is 0 Å². The van der Waals surface area contributed by atoms with Crippen LogP contribution in [-0.2, 0) is 0 Å². The van der Waals surface area contributed by atoms with E-state index in [-0.39, 0.29) is 22.5 Å². The van der Waals surface area contributed by atoms with Gasteiger partial charge in [-0.2, -0.15) is 0 Å². The van der Waals surface area contributed by atoms with Crippen LogP contribution < -0.4 is 5.73 Å². The normalized spacial score (nSPS) is 15.1. The summed E-state index contributed by atoms with van der Waals surface area (Å²) in [6.45, 7) is 9.26. The van der Waals surface area contributed by atoms with E-state index in [1.807, 2.05) is 0 Å². The molecule has 0 radical (unpaired) electrons. The van der Waals surface area contributed by atoms with Crippen LogP contribution in [0.15, 0.2) is 0 Å². The van der Waals surface area contributed by atoms with Gasteiger partial charge in [-0.3, -0.25) is 0 Å². The lowest BCUT2D eigenvalue weighted by atomic mass is 9.75. The molecule has 0 aliphatic carbocycles. The molecule has 0 saturated carbocycles. The second-order valence-electron chi connectivity index (χ2n) is 7.25. The molecule has 0 saturated heterocycles. The highest BCUT2D eigenvalue weighted by Gasteiger charge is 2.30. The second kappa shape index (κ2) is 16.3. The molecule has 1 nitrogen and oxygen atoms in total. The molecule has 0 spiro atoms. The Kier molecular flexibility index (Phi) is 18.3. The summed E-state index contributed by atoms with van der Waals surface area (Å²) >= 11 is 0. The maximum atomic E-state index is 6.86. The van der Waals surface area contributed by atoms with E-state index in [0.717, 1.165) is 0 Å². The summed E-state index contributed by atoms with van der Waals surface area (Å²) < 4.78 is 0. The molecule has 0 rings (SSSR count). The van der Waals surface area contributed by atoms with Gasteiger partial charge >= 0.3 is 0 Å². The maximum Gasteiger partial charge on any atom is 0.0180 e. The predicted octanol–water partition coefficient (Wildman–Crippen LogP) is 7.42. The molecule has 0 amide bonds. The van der Waals surface area contributed by atoms with E-state index in [2.05, 4.69) is 27.7 Å². The van der Waals surface area contributed by atoms with Gasteiger partial charge in [0.2, 0.25) is 0 Å². The zero-order valence-electron chi connectivity index (χ0n) is 16.0. The summed E-state index contributed by atoms with van der Waals surface area (Å²) in [7, 11) is 0. The number of halogens is 1. The third-order valence-electron chi connectivity index (χ3n) is 5.21. The average molecular weight is 378 g/mol. The van der Waals surface area contributed by atoms with Gasteiger partial charge in [-0.1, -0.05) is 98.3 Å². The highest BCUT2D eigenvalue weighted by molar-refractivity contribution is 8.93. The fraction of sp³-hybridized carbons (Fsp3) is 1.00. The summed E-state index contributed by atoms with van der Waals surface area (Å²) in [4.78, 5) is 0. The first kappa shape index (κ1) is 24.7. The zero-order chi connectivity index (χ0) is 16.0. The molecule has 2 unspecified atom stereocenters. The lowest BCUT2D eigenvalue weighted by Crippen LogP contribution is -2.46. The second-order valence-corrected chi connectivity index (χ2v) is 7.25. The van der Waals surface area contributed by atoms with Crippen LogP contribution in [0, 0.1) is 5.92 Å². The van der Waals surface area contributed by atoms with Gasteiger partial charge in [-0.15, -0.1) is 17.0 Å². The fourth-order valence-corrected chi connectivity index (χ4v) is 3.35. The molecule has 0 aromatic rings. The van der Waals surface area contributed by atoms with Crippen molar-refractivity contribution in [1.82, 2.24) is 0 Å². The van der Waals surface area contributed by atoms with Crippen LogP contribution in [0.4, 0.5) is 0 Å². The van der Waals surface area contributed by atoms with Gasteiger partial charge in [-0.25, -0.2) is 0 Å². The topological polar surface area (TPSA) is 26.0 Å². The number of unbranched alkanes of at least 4 members (excludes halogenated alkanes) is 8. The Labute approximate surface area is 152 Å². The molecule has 0 bridgehead atoms. The number of hydrogen-bond acceptors (Lipinski definition) is 1. The number of rotatable bonds is 15.